The van der Waals surface area contributed by atoms with Gasteiger partial charge in [0.25, 0.3) is 0 Å². The third-order valence-electron chi connectivity index (χ3n) is 2.10. The van der Waals surface area contributed by atoms with Gasteiger partial charge in [-0.25, -0.2) is 0 Å². The second-order valence-corrected chi connectivity index (χ2v) is 4.49. The van der Waals surface area contributed by atoms with Crippen molar-refractivity contribution in [3.05, 3.63) is 30.3 Å². The van der Waals surface area contributed by atoms with Crippen LogP contribution in [-0.2, 0) is 0 Å². The lowest BCUT2D eigenvalue weighted by Gasteiger charge is -2.32. The van der Waals surface area contributed by atoms with Crippen LogP contribution in [0.1, 0.15) is 0 Å². The van der Waals surface area contributed by atoms with Crippen LogP contribution in [0.2, 0.25) is 0 Å². The smallest absolute Gasteiger partial charge is 0.419 e. The van der Waals surface area contributed by atoms with E-state index in [4.69, 9.17) is 0 Å². The minimum atomic E-state index is -6.92. The second-order valence-electron chi connectivity index (χ2n) is 3.64. The SMILES string of the molecule is FC(F)(F)C(F)(F)C(F)(F)C(F)(F)SOc1ccccc1. The van der Waals surface area contributed by atoms with Gasteiger partial charge in [0.2, 0.25) is 0 Å². The average molecular weight is 344 g/mol. The Kier molecular flexibility index (Phi) is 4.66. The maximum Gasteiger partial charge on any atom is 0.460 e. The zero-order valence-corrected chi connectivity index (χ0v) is 10.4. The first kappa shape index (κ1) is 17.8. The topological polar surface area (TPSA) is 9.23 Å². The number of alkyl halides is 9. The third-order valence-corrected chi connectivity index (χ3v) is 2.84. The van der Waals surface area contributed by atoms with Crippen LogP contribution < -0.4 is 4.18 Å². The summed E-state index contributed by atoms with van der Waals surface area (Å²) in [5, 5.41) is -5.82. The summed E-state index contributed by atoms with van der Waals surface area (Å²) in [5.41, 5.74) is 0. The molecule has 0 fully saturated rings. The van der Waals surface area contributed by atoms with Gasteiger partial charge < -0.3 is 4.18 Å². The van der Waals surface area contributed by atoms with Crippen LogP contribution in [0.3, 0.4) is 0 Å². The second kappa shape index (κ2) is 5.50. The van der Waals surface area contributed by atoms with Gasteiger partial charge in [-0.2, -0.15) is 39.5 Å². The lowest BCUT2D eigenvalue weighted by atomic mass is 10.1. The molecule has 0 spiro atoms. The van der Waals surface area contributed by atoms with Crippen molar-refractivity contribution in [2.45, 2.75) is 23.3 Å². The molecule has 1 aromatic carbocycles. The van der Waals surface area contributed by atoms with E-state index in [1.807, 2.05) is 0 Å². The molecule has 0 aliphatic heterocycles. The Morgan fingerprint density at radius 1 is 0.714 bits per heavy atom. The molecule has 0 radical (unpaired) electrons. The quantitative estimate of drug-likeness (QED) is 0.540. The molecular formula is C10H5F9OS. The lowest BCUT2D eigenvalue weighted by molar-refractivity contribution is -0.381. The number of hydrogen-bond donors (Lipinski definition) is 0. The van der Waals surface area contributed by atoms with E-state index < -0.39 is 41.1 Å². The molecule has 1 nitrogen and oxygen atoms in total. The number of hydrogen-bond acceptors (Lipinski definition) is 2. The Hall–Kier alpha value is -1.26. The highest BCUT2D eigenvalue weighted by atomic mass is 32.2. The monoisotopic (exact) mass is 344 g/mol. The largest absolute Gasteiger partial charge is 0.460 e. The van der Waals surface area contributed by atoms with E-state index in [0.717, 1.165) is 12.1 Å². The van der Waals surface area contributed by atoms with Crippen molar-refractivity contribution >= 4 is 12.0 Å². The van der Waals surface area contributed by atoms with Crippen molar-refractivity contribution < 1.29 is 43.7 Å². The highest BCUT2D eigenvalue weighted by Crippen LogP contribution is 2.56. The van der Waals surface area contributed by atoms with E-state index >= 15 is 0 Å². The molecule has 0 aromatic heterocycles. The van der Waals surface area contributed by atoms with E-state index in [9.17, 15) is 39.5 Å². The minimum absolute atomic E-state index is 0.423. The van der Waals surface area contributed by atoms with E-state index in [1.54, 1.807) is 0 Å². The molecule has 0 aliphatic rings. The summed E-state index contributed by atoms with van der Waals surface area (Å²) >= 11 is -1.48. The molecule has 1 rings (SSSR count). The Balaban J connectivity index is 2.94. The van der Waals surface area contributed by atoms with Crippen LogP contribution in [0.15, 0.2) is 30.3 Å². The van der Waals surface area contributed by atoms with Crippen molar-refractivity contribution in [2.24, 2.45) is 0 Å². The van der Waals surface area contributed by atoms with E-state index in [0.29, 0.717) is 0 Å². The molecule has 0 N–H and O–H groups in total. The van der Waals surface area contributed by atoms with Gasteiger partial charge in [-0.3, -0.25) is 0 Å². The van der Waals surface area contributed by atoms with Gasteiger partial charge in [0.15, 0.2) is 0 Å². The molecule has 0 saturated carbocycles. The molecule has 0 saturated heterocycles. The molecule has 0 unspecified atom stereocenters. The van der Waals surface area contributed by atoms with Crippen LogP contribution in [0.5, 0.6) is 5.75 Å². The first-order chi connectivity index (χ1) is 9.33. The van der Waals surface area contributed by atoms with Gasteiger partial charge >= 0.3 is 23.3 Å². The number of benzene rings is 1. The van der Waals surface area contributed by atoms with Crippen LogP contribution in [-0.4, -0.2) is 23.3 Å². The summed E-state index contributed by atoms with van der Waals surface area (Å²) < 4.78 is 116. The minimum Gasteiger partial charge on any atom is -0.419 e. The standard InChI is InChI=1S/C10H5F9OS/c11-7(12,9(15,16)17)8(13,14)10(18,19)21-20-6-4-2-1-3-5-6/h1-5H. The van der Waals surface area contributed by atoms with Crippen LogP contribution in [0.4, 0.5) is 39.5 Å². The molecule has 11 heteroatoms. The van der Waals surface area contributed by atoms with Crippen molar-refractivity contribution in [2.75, 3.05) is 0 Å². The van der Waals surface area contributed by atoms with Crippen molar-refractivity contribution in [1.82, 2.24) is 0 Å². The highest BCUT2D eigenvalue weighted by molar-refractivity contribution is 7.96. The highest BCUT2D eigenvalue weighted by Gasteiger charge is 2.82. The summed E-state index contributed by atoms with van der Waals surface area (Å²) in [7, 11) is 0. The summed E-state index contributed by atoms with van der Waals surface area (Å²) in [6, 6.07) is 5.93. The van der Waals surface area contributed by atoms with Crippen molar-refractivity contribution in [3.8, 4) is 5.75 Å². The van der Waals surface area contributed by atoms with Crippen LogP contribution in [0, 0.1) is 0 Å². The maximum absolute atomic E-state index is 13.0. The zero-order valence-electron chi connectivity index (χ0n) is 9.60. The fourth-order valence-electron chi connectivity index (χ4n) is 0.990. The van der Waals surface area contributed by atoms with Crippen molar-refractivity contribution in [3.63, 3.8) is 0 Å². The summed E-state index contributed by atoms with van der Waals surface area (Å²) in [6.45, 7) is 0. The summed E-state index contributed by atoms with van der Waals surface area (Å²) in [4.78, 5) is 0. The van der Waals surface area contributed by atoms with Gasteiger partial charge in [-0.1, -0.05) is 18.2 Å². The van der Waals surface area contributed by atoms with Gasteiger partial charge in [-0.15, -0.1) is 0 Å². The van der Waals surface area contributed by atoms with E-state index in [2.05, 4.69) is 4.18 Å². The predicted octanol–water partition coefficient (Wildman–Crippen LogP) is 5.14. The normalized spacial score (nSPS) is 14.1. The van der Waals surface area contributed by atoms with Crippen molar-refractivity contribution in [1.29, 1.82) is 0 Å². The Bertz CT molecular complexity index is 471. The molecule has 1 aromatic rings. The van der Waals surface area contributed by atoms with E-state index in [1.165, 1.54) is 18.2 Å². The molecule has 0 bridgehead atoms. The maximum atomic E-state index is 13.0. The fraction of sp³-hybridized carbons (Fsp3) is 0.400. The lowest BCUT2D eigenvalue weighted by Crippen LogP contribution is -2.59. The van der Waals surface area contributed by atoms with E-state index in [-0.39, 0.29) is 0 Å². The average Bonchev–Trinajstić information content (AvgIpc) is 2.36. The number of rotatable bonds is 5. The first-order valence-corrected chi connectivity index (χ1v) is 5.68. The predicted molar refractivity (Wildman–Crippen MR) is 55.6 cm³/mol. The third kappa shape index (κ3) is 3.33. The molecule has 0 heterocycles. The van der Waals surface area contributed by atoms with Gasteiger partial charge in [0.1, 0.15) is 17.8 Å². The molecule has 0 atom stereocenters. The molecular weight excluding hydrogens is 339 g/mol. The zero-order chi connectivity index (χ0) is 16.5. The molecule has 120 valence electrons. The number of halogens is 9. The number of para-hydroxylation sites is 1. The fourth-order valence-corrected chi connectivity index (χ4v) is 1.53. The van der Waals surface area contributed by atoms with Crippen LogP contribution in [0.25, 0.3) is 0 Å². The first-order valence-electron chi connectivity index (χ1n) is 4.94. The van der Waals surface area contributed by atoms with Gasteiger partial charge in [-0.05, 0) is 12.1 Å². The van der Waals surface area contributed by atoms with Gasteiger partial charge in [0, 0.05) is 0 Å². The molecule has 21 heavy (non-hydrogen) atoms. The Morgan fingerprint density at radius 3 is 1.62 bits per heavy atom. The van der Waals surface area contributed by atoms with Crippen LogP contribution >= 0.6 is 12.0 Å². The Labute approximate surface area is 116 Å². The summed E-state index contributed by atoms with van der Waals surface area (Å²) in [5.74, 6) is -14.0. The van der Waals surface area contributed by atoms with Gasteiger partial charge in [0.05, 0.1) is 0 Å². The molecule has 0 aliphatic carbocycles. The Morgan fingerprint density at radius 2 is 1.19 bits per heavy atom. The summed E-state index contributed by atoms with van der Waals surface area (Å²) in [6.07, 6.45) is -6.84. The molecule has 0 amide bonds.